The van der Waals surface area contributed by atoms with Gasteiger partial charge >= 0.3 is 6.09 Å². The SMILES string of the molecule is CC(=O)NC[C@H]1CN(c2ccc(-c3ccc(CCCc4ccc(-c5ccccn5)s4)cc3)c(F)c2)C(=O)O1. The fraction of sp³-hybridized carbons (Fsp3) is 0.233. The molecule has 3 heterocycles. The molecule has 1 aliphatic rings. The minimum atomic E-state index is -0.549. The molecule has 5 rings (SSSR count). The second kappa shape index (κ2) is 11.6. The summed E-state index contributed by atoms with van der Waals surface area (Å²) >= 11 is 1.78. The number of ether oxygens (including phenoxy) is 1. The van der Waals surface area contributed by atoms with Crippen LogP contribution >= 0.6 is 11.3 Å². The number of thiophene rings is 1. The van der Waals surface area contributed by atoms with Crippen LogP contribution in [0.4, 0.5) is 14.9 Å². The van der Waals surface area contributed by atoms with Gasteiger partial charge in [0.1, 0.15) is 11.9 Å². The van der Waals surface area contributed by atoms with Gasteiger partial charge in [-0.15, -0.1) is 11.3 Å². The number of carbonyl (C=O) groups is 2. The lowest BCUT2D eigenvalue weighted by Crippen LogP contribution is -2.33. The van der Waals surface area contributed by atoms with Crippen LogP contribution in [0.3, 0.4) is 0 Å². The fourth-order valence-electron chi connectivity index (χ4n) is 4.48. The quantitative estimate of drug-likeness (QED) is 0.278. The van der Waals surface area contributed by atoms with E-state index in [0.29, 0.717) is 11.3 Å². The standard InChI is InChI=1S/C30H28FN3O3S/c1-20(35)33-18-24-19-34(30(36)37-24)23-12-14-26(27(31)17-23)22-10-8-21(9-11-22)5-4-6-25-13-15-29(38-25)28-7-2-3-16-32-28/h2-3,7-17,24H,4-6,18-19H2,1H3,(H,33,35)/t24-/m0/s1. The third kappa shape index (κ3) is 6.08. The van der Waals surface area contributed by atoms with Crippen molar-refractivity contribution in [3.8, 4) is 21.7 Å². The minimum absolute atomic E-state index is 0.196. The normalized spacial score (nSPS) is 14.9. The van der Waals surface area contributed by atoms with Crippen molar-refractivity contribution in [1.82, 2.24) is 10.3 Å². The first-order chi connectivity index (χ1) is 18.5. The molecular formula is C30H28FN3O3S. The lowest BCUT2D eigenvalue weighted by atomic mass is 10.0. The zero-order valence-electron chi connectivity index (χ0n) is 21.0. The number of hydrogen-bond donors (Lipinski definition) is 1. The summed E-state index contributed by atoms with van der Waals surface area (Å²) in [6.07, 6.45) is 3.76. The molecule has 1 N–H and O–H groups in total. The monoisotopic (exact) mass is 529 g/mol. The molecular weight excluding hydrogens is 501 g/mol. The van der Waals surface area contributed by atoms with E-state index in [1.807, 2.05) is 48.7 Å². The highest BCUT2D eigenvalue weighted by molar-refractivity contribution is 7.15. The van der Waals surface area contributed by atoms with Gasteiger partial charge in [0.25, 0.3) is 0 Å². The van der Waals surface area contributed by atoms with Crippen LogP contribution in [0.15, 0.2) is 79.0 Å². The number of anilines is 1. The molecule has 0 saturated carbocycles. The predicted molar refractivity (Wildman–Crippen MR) is 148 cm³/mol. The van der Waals surface area contributed by atoms with Crippen LogP contribution < -0.4 is 10.2 Å². The minimum Gasteiger partial charge on any atom is -0.442 e. The second-order valence-corrected chi connectivity index (χ2v) is 10.4. The fourth-order valence-corrected chi connectivity index (χ4v) is 5.50. The second-order valence-electron chi connectivity index (χ2n) is 9.25. The summed E-state index contributed by atoms with van der Waals surface area (Å²) < 4.78 is 20.3. The van der Waals surface area contributed by atoms with Crippen LogP contribution in [0.2, 0.25) is 0 Å². The van der Waals surface area contributed by atoms with Crippen molar-refractivity contribution < 1.29 is 18.7 Å². The van der Waals surface area contributed by atoms with E-state index in [2.05, 4.69) is 22.4 Å². The molecule has 4 aromatic rings. The van der Waals surface area contributed by atoms with Crippen LogP contribution in [0.25, 0.3) is 21.7 Å². The number of pyridine rings is 1. The first-order valence-corrected chi connectivity index (χ1v) is 13.4. The Hall–Kier alpha value is -4.04. The van der Waals surface area contributed by atoms with E-state index >= 15 is 4.39 Å². The van der Waals surface area contributed by atoms with Gasteiger partial charge in [0.15, 0.2) is 0 Å². The number of halogens is 1. The molecule has 38 heavy (non-hydrogen) atoms. The Morgan fingerprint density at radius 3 is 2.68 bits per heavy atom. The number of nitrogens with one attached hydrogen (secondary N) is 1. The third-order valence-electron chi connectivity index (χ3n) is 6.45. The predicted octanol–water partition coefficient (Wildman–Crippen LogP) is 6.25. The maximum Gasteiger partial charge on any atom is 0.414 e. The molecule has 0 radical (unpaired) electrons. The van der Waals surface area contributed by atoms with Crippen molar-refractivity contribution in [3.05, 3.63) is 95.3 Å². The van der Waals surface area contributed by atoms with Gasteiger partial charge in [0, 0.05) is 23.6 Å². The zero-order chi connectivity index (χ0) is 26.5. The number of carbonyl (C=O) groups excluding carboxylic acids is 2. The Kier molecular flexibility index (Phi) is 7.79. The van der Waals surface area contributed by atoms with Gasteiger partial charge in [-0.3, -0.25) is 14.7 Å². The van der Waals surface area contributed by atoms with Crippen molar-refractivity contribution in [1.29, 1.82) is 0 Å². The Morgan fingerprint density at radius 1 is 1.11 bits per heavy atom. The Morgan fingerprint density at radius 2 is 1.95 bits per heavy atom. The van der Waals surface area contributed by atoms with E-state index in [-0.39, 0.29) is 19.0 Å². The molecule has 6 nitrogen and oxygen atoms in total. The first kappa shape index (κ1) is 25.6. The average Bonchev–Trinajstić information content (AvgIpc) is 3.55. The van der Waals surface area contributed by atoms with Crippen LogP contribution in [-0.2, 0) is 22.4 Å². The van der Waals surface area contributed by atoms with Gasteiger partial charge < -0.3 is 10.1 Å². The topological polar surface area (TPSA) is 71.5 Å². The highest BCUT2D eigenvalue weighted by Gasteiger charge is 2.32. The summed E-state index contributed by atoms with van der Waals surface area (Å²) in [5, 5.41) is 2.64. The van der Waals surface area contributed by atoms with Gasteiger partial charge in [-0.05, 0) is 72.9 Å². The maximum absolute atomic E-state index is 15.0. The number of rotatable bonds is 9. The van der Waals surface area contributed by atoms with Gasteiger partial charge in [0.2, 0.25) is 5.91 Å². The molecule has 2 aromatic carbocycles. The number of cyclic esters (lactones) is 1. The van der Waals surface area contributed by atoms with Crippen LogP contribution in [0.1, 0.15) is 23.8 Å². The van der Waals surface area contributed by atoms with E-state index in [4.69, 9.17) is 4.74 Å². The molecule has 0 bridgehead atoms. The third-order valence-corrected chi connectivity index (χ3v) is 7.62. The van der Waals surface area contributed by atoms with Crippen LogP contribution in [-0.4, -0.2) is 36.2 Å². The number of amides is 2. The summed E-state index contributed by atoms with van der Waals surface area (Å²) in [6, 6.07) is 23.0. The van der Waals surface area contributed by atoms with Crippen molar-refractivity contribution >= 4 is 29.0 Å². The molecule has 0 unspecified atom stereocenters. The van der Waals surface area contributed by atoms with E-state index in [9.17, 15) is 9.59 Å². The van der Waals surface area contributed by atoms with E-state index in [1.165, 1.54) is 33.2 Å². The lowest BCUT2D eigenvalue weighted by Gasteiger charge is -2.14. The largest absolute Gasteiger partial charge is 0.442 e. The molecule has 1 aliphatic heterocycles. The lowest BCUT2D eigenvalue weighted by molar-refractivity contribution is -0.119. The van der Waals surface area contributed by atoms with Crippen molar-refractivity contribution in [3.63, 3.8) is 0 Å². The van der Waals surface area contributed by atoms with E-state index < -0.39 is 18.0 Å². The van der Waals surface area contributed by atoms with Gasteiger partial charge in [-0.25, -0.2) is 9.18 Å². The number of nitrogens with zero attached hydrogens (tertiary/aromatic N) is 2. The summed E-state index contributed by atoms with van der Waals surface area (Å²) in [5.74, 6) is -0.603. The van der Waals surface area contributed by atoms with Crippen LogP contribution in [0, 0.1) is 5.82 Å². The van der Waals surface area contributed by atoms with Gasteiger partial charge in [-0.2, -0.15) is 0 Å². The van der Waals surface area contributed by atoms with E-state index in [0.717, 1.165) is 30.5 Å². The summed E-state index contributed by atoms with van der Waals surface area (Å²) in [5.41, 5.74) is 3.90. The average molecular weight is 530 g/mol. The first-order valence-electron chi connectivity index (χ1n) is 12.6. The maximum atomic E-state index is 15.0. The van der Waals surface area contributed by atoms with E-state index in [1.54, 1.807) is 23.5 Å². The molecule has 2 aromatic heterocycles. The molecule has 194 valence electrons. The Bertz CT molecular complexity index is 1420. The Labute approximate surface area is 225 Å². The number of aromatic nitrogens is 1. The zero-order valence-corrected chi connectivity index (χ0v) is 21.8. The van der Waals surface area contributed by atoms with Crippen molar-refractivity contribution in [2.45, 2.75) is 32.3 Å². The van der Waals surface area contributed by atoms with Gasteiger partial charge in [0.05, 0.1) is 29.3 Å². The van der Waals surface area contributed by atoms with Gasteiger partial charge in [-0.1, -0.05) is 30.3 Å². The molecule has 1 fully saturated rings. The summed E-state index contributed by atoms with van der Waals surface area (Å²) in [7, 11) is 0. The summed E-state index contributed by atoms with van der Waals surface area (Å²) in [6.45, 7) is 1.88. The highest BCUT2D eigenvalue weighted by atomic mass is 32.1. The molecule has 8 heteroatoms. The molecule has 1 atom stereocenters. The van der Waals surface area contributed by atoms with Crippen molar-refractivity contribution in [2.24, 2.45) is 0 Å². The smallest absolute Gasteiger partial charge is 0.414 e. The molecule has 0 spiro atoms. The van der Waals surface area contributed by atoms with Crippen molar-refractivity contribution in [2.75, 3.05) is 18.0 Å². The molecule has 1 saturated heterocycles. The molecule has 0 aliphatic carbocycles. The van der Waals surface area contributed by atoms with Crippen LogP contribution in [0.5, 0.6) is 0 Å². The number of benzene rings is 2. The summed E-state index contributed by atoms with van der Waals surface area (Å²) in [4.78, 5) is 31.7. The number of hydrogen-bond acceptors (Lipinski definition) is 5. The number of aryl methyl sites for hydroxylation is 2. The highest BCUT2D eigenvalue weighted by Crippen LogP contribution is 2.30. The molecule has 2 amide bonds. The Balaban J connectivity index is 1.16.